The number of anilines is 2. The molecule has 0 aliphatic heterocycles. The summed E-state index contributed by atoms with van der Waals surface area (Å²) < 4.78 is 5.67. The van der Waals surface area contributed by atoms with Gasteiger partial charge in [-0.1, -0.05) is 19.9 Å². The zero-order valence-electron chi connectivity index (χ0n) is 15.4. The molecule has 4 N–H and O–H groups in total. The van der Waals surface area contributed by atoms with Crippen molar-refractivity contribution in [2.45, 2.75) is 52.7 Å². The Balaban J connectivity index is 0.00000312. The Kier molecular flexibility index (Phi) is 6.61. The molecule has 25 heavy (non-hydrogen) atoms. The van der Waals surface area contributed by atoms with Crippen molar-refractivity contribution < 1.29 is 14.3 Å². The van der Waals surface area contributed by atoms with Gasteiger partial charge in [0.1, 0.15) is 5.54 Å². The average Bonchev–Trinajstić information content (AvgIpc) is 2.49. The number of carbonyl (C=O) groups excluding carboxylic acids is 2. The SMILES string of the molecule is CCOC1CC(N)(C(=O)Nc2cc(NC(C)=O)ccc2C)C1(C)C.Cl. The summed E-state index contributed by atoms with van der Waals surface area (Å²) in [5.74, 6) is -0.391. The third kappa shape index (κ3) is 3.97. The molecule has 0 radical (unpaired) electrons. The fraction of sp³-hybridized carbons (Fsp3) is 0.556. The number of benzene rings is 1. The van der Waals surface area contributed by atoms with E-state index in [9.17, 15) is 9.59 Å². The summed E-state index contributed by atoms with van der Waals surface area (Å²) >= 11 is 0. The molecular weight excluding hydrogens is 342 g/mol. The summed E-state index contributed by atoms with van der Waals surface area (Å²) in [6.07, 6.45) is 0.467. The van der Waals surface area contributed by atoms with Crippen molar-refractivity contribution in [2.24, 2.45) is 11.1 Å². The lowest BCUT2D eigenvalue weighted by Crippen LogP contribution is -2.74. The highest BCUT2D eigenvalue weighted by Gasteiger charge is 2.62. The number of nitrogens with two attached hydrogens (primary N) is 1. The molecule has 1 aromatic rings. The smallest absolute Gasteiger partial charge is 0.245 e. The minimum atomic E-state index is -0.983. The first-order valence-electron chi connectivity index (χ1n) is 8.22. The minimum absolute atomic E-state index is 0. The summed E-state index contributed by atoms with van der Waals surface area (Å²) in [6, 6.07) is 5.38. The van der Waals surface area contributed by atoms with Gasteiger partial charge in [0.25, 0.3) is 0 Å². The van der Waals surface area contributed by atoms with Gasteiger partial charge in [-0.25, -0.2) is 0 Å². The van der Waals surface area contributed by atoms with Crippen molar-refractivity contribution >= 4 is 35.6 Å². The second kappa shape index (κ2) is 7.72. The summed E-state index contributed by atoms with van der Waals surface area (Å²) in [6.45, 7) is 9.78. The maximum absolute atomic E-state index is 12.8. The zero-order valence-corrected chi connectivity index (χ0v) is 16.3. The van der Waals surface area contributed by atoms with Crippen molar-refractivity contribution in [1.29, 1.82) is 0 Å². The molecule has 1 fully saturated rings. The lowest BCUT2D eigenvalue weighted by Gasteiger charge is -2.57. The third-order valence-electron chi connectivity index (χ3n) is 5.04. The van der Waals surface area contributed by atoms with E-state index in [1.165, 1.54) is 6.92 Å². The normalized spacial score (nSPS) is 23.8. The van der Waals surface area contributed by atoms with Crippen LogP contribution in [-0.4, -0.2) is 30.1 Å². The lowest BCUT2D eigenvalue weighted by atomic mass is 9.54. The number of rotatable bonds is 5. The van der Waals surface area contributed by atoms with Crippen LogP contribution in [0.5, 0.6) is 0 Å². The van der Waals surface area contributed by atoms with Gasteiger partial charge in [-0.2, -0.15) is 0 Å². The van der Waals surface area contributed by atoms with Crippen LogP contribution in [0.15, 0.2) is 18.2 Å². The molecular formula is C18H28ClN3O3. The van der Waals surface area contributed by atoms with Gasteiger partial charge >= 0.3 is 0 Å². The van der Waals surface area contributed by atoms with Crippen LogP contribution in [-0.2, 0) is 14.3 Å². The average molecular weight is 370 g/mol. The van der Waals surface area contributed by atoms with E-state index in [0.717, 1.165) is 5.56 Å². The minimum Gasteiger partial charge on any atom is -0.378 e. The van der Waals surface area contributed by atoms with Gasteiger partial charge < -0.3 is 21.1 Å². The first-order valence-corrected chi connectivity index (χ1v) is 8.22. The van der Waals surface area contributed by atoms with E-state index in [4.69, 9.17) is 10.5 Å². The molecule has 1 aromatic carbocycles. The van der Waals surface area contributed by atoms with E-state index in [1.54, 1.807) is 12.1 Å². The molecule has 2 atom stereocenters. The van der Waals surface area contributed by atoms with Gasteiger partial charge in [-0.05, 0) is 31.5 Å². The van der Waals surface area contributed by atoms with Crippen molar-refractivity contribution in [2.75, 3.05) is 17.2 Å². The number of carbonyl (C=O) groups is 2. The molecule has 2 unspecified atom stereocenters. The van der Waals surface area contributed by atoms with Crippen molar-refractivity contribution in [3.8, 4) is 0 Å². The number of hydrogen-bond acceptors (Lipinski definition) is 4. The molecule has 140 valence electrons. The predicted octanol–water partition coefficient (Wildman–Crippen LogP) is 2.85. The van der Waals surface area contributed by atoms with Crippen LogP contribution in [0.4, 0.5) is 11.4 Å². The number of amides is 2. The quantitative estimate of drug-likeness (QED) is 0.743. The molecule has 1 aliphatic carbocycles. The van der Waals surface area contributed by atoms with E-state index in [1.807, 2.05) is 33.8 Å². The van der Waals surface area contributed by atoms with Gasteiger partial charge in [0.15, 0.2) is 0 Å². The van der Waals surface area contributed by atoms with Crippen molar-refractivity contribution in [1.82, 2.24) is 0 Å². The van der Waals surface area contributed by atoms with E-state index in [-0.39, 0.29) is 30.3 Å². The second-order valence-electron chi connectivity index (χ2n) is 7.01. The Morgan fingerprint density at radius 3 is 2.48 bits per heavy atom. The Morgan fingerprint density at radius 2 is 1.96 bits per heavy atom. The molecule has 0 saturated heterocycles. The first kappa shape index (κ1) is 21.4. The summed E-state index contributed by atoms with van der Waals surface area (Å²) in [5.41, 5.74) is 7.15. The first-order chi connectivity index (χ1) is 11.1. The maximum Gasteiger partial charge on any atom is 0.245 e. The van der Waals surface area contributed by atoms with Crippen LogP contribution >= 0.6 is 12.4 Å². The topological polar surface area (TPSA) is 93.4 Å². The summed E-state index contributed by atoms with van der Waals surface area (Å²) in [5, 5.41) is 5.62. The molecule has 6 nitrogen and oxygen atoms in total. The Morgan fingerprint density at radius 1 is 1.32 bits per heavy atom. The van der Waals surface area contributed by atoms with Crippen LogP contribution in [0.25, 0.3) is 0 Å². The molecule has 1 aliphatic rings. The molecule has 1 saturated carbocycles. The number of aryl methyl sites for hydroxylation is 1. The number of ether oxygens (including phenoxy) is 1. The largest absolute Gasteiger partial charge is 0.378 e. The second-order valence-corrected chi connectivity index (χ2v) is 7.01. The lowest BCUT2D eigenvalue weighted by molar-refractivity contribution is -0.166. The highest BCUT2D eigenvalue weighted by molar-refractivity contribution is 6.01. The fourth-order valence-electron chi connectivity index (χ4n) is 3.09. The highest BCUT2D eigenvalue weighted by Crippen LogP contribution is 2.50. The van der Waals surface area contributed by atoms with Crippen LogP contribution in [0.2, 0.25) is 0 Å². The Hall–Kier alpha value is -1.63. The fourth-order valence-corrected chi connectivity index (χ4v) is 3.09. The Bertz CT molecular complexity index is 663. The van der Waals surface area contributed by atoms with Crippen LogP contribution in [0, 0.1) is 12.3 Å². The Labute approximate surface area is 155 Å². The molecule has 2 amide bonds. The summed E-state index contributed by atoms with van der Waals surface area (Å²) in [7, 11) is 0. The van der Waals surface area contributed by atoms with Crippen LogP contribution in [0.3, 0.4) is 0 Å². The zero-order chi connectivity index (χ0) is 18.1. The van der Waals surface area contributed by atoms with Crippen molar-refractivity contribution in [3.05, 3.63) is 23.8 Å². The van der Waals surface area contributed by atoms with Gasteiger partial charge in [0, 0.05) is 36.7 Å². The van der Waals surface area contributed by atoms with Gasteiger partial charge in [0.05, 0.1) is 6.10 Å². The van der Waals surface area contributed by atoms with Gasteiger partial charge in [-0.15, -0.1) is 12.4 Å². The monoisotopic (exact) mass is 369 g/mol. The van der Waals surface area contributed by atoms with Crippen LogP contribution < -0.4 is 16.4 Å². The van der Waals surface area contributed by atoms with E-state index < -0.39 is 11.0 Å². The number of halogens is 1. The molecule has 2 rings (SSSR count). The molecule has 7 heteroatoms. The van der Waals surface area contributed by atoms with Gasteiger partial charge in [-0.3, -0.25) is 9.59 Å². The maximum atomic E-state index is 12.8. The van der Waals surface area contributed by atoms with E-state index in [2.05, 4.69) is 10.6 Å². The predicted molar refractivity (Wildman–Crippen MR) is 102 cm³/mol. The molecule has 0 bridgehead atoms. The van der Waals surface area contributed by atoms with Crippen LogP contribution in [0.1, 0.15) is 39.7 Å². The number of hydrogen-bond donors (Lipinski definition) is 3. The van der Waals surface area contributed by atoms with Crippen molar-refractivity contribution in [3.63, 3.8) is 0 Å². The van der Waals surface area contributed by atoms with E-state index in [0.29, 0.717) is 24.4 Å². The molecule has 0 aromatic heterocycles. The molecule has 0 heterocycles. The van der Waals surface area contributed by atoms with Gasteiger partial charge in [0.2, 0.25) is 11.8 Å². The highest BCUT2D eigenvalue weighted by atomic mass is 35.5. The van der Waals surface area contributed by atoms with E-state index >= 15 is 0 Å². The number of nitrogens with one attached hydrogen (secondary N) is 2. The third-order valence-corrected chi connectivity index (χ3v) is 5.04. The molecule has 0 spiro atoms. The summed E-state index contributed by atoms with van der Waals surface area (Å²) in [4.78, 5) is 24.0. The standard InChI is InChI=1S/C18H27N3O3.ClH/c1-6-24-15-10-18(19,17(15,4)5)16(23)21-14-9-13(20-12(3)22)8-7-11(14)2;/h7-9,15H,6,10,19H2,1-5H3,(H,20,22)(H,21,23);1H.